The Kier molecular flexibility index (Phi) is 9.70. The fraction of sp³-hybridized carbons (Fsp3) is 0.567. The number of benzene rings is 1. The van der Waals surface area contributed by atoms with E-state index in [9.17, 15) is 30.8 Å². The third-order valence-electron chi connectivity index (χ3n) is 8.40. The van der Waals surface area contributed by atoms with E-state index >= 15 is 0 Å². The Morgan fingerprint density at radius 2 is 1.84 bits per heavy atom. The molecule has 1 saturated heterocycles. The molecular formula is C30H38F4N6O4S. The van der Waals surface area contributed by atoms with Crippen LogP contribution in [0.1, 0.15) is 52.0 Å². The summed E-state index contributed by atoms with van der Waals surface area (Å²) >= 11 is 0. The van der Waals surface area contributed by atoms with Gasteiger partial charge in [0.1, 0.15) is 11.5 Å². The summed E-state index contributed by atoms with van der Waals surface area (Å²) in [4.78, 5) is 25.3. The molecule has 3 heterocycles. The lowest BCUT2D eigenvalue weighted by Gasteiger charge is -2.38. The lowest BCUT2D eigenvalue weighted by Crippen LogP contribution is -2.44. The van der Waals surface area contributed by atoms with Gasteiger partial charge in [0.05, 0.1) is 31.1 Å². The van der Waals surface area contributed by atoms with Crippen LogP contribution in [0.5, 0.6) is 0 Å². The second-order valence-corrected chi connectivity index (χ2v) is 14.1. The monoisotopic (exact) mass is 654 g/mol. The van der Waals surface area contributed by atoms with Crippen LogP contribution in [-0.2, 0) is 14.8 Å². The van der Waals surface area contributed by atoms with Crippen LogP contribution in [0.25, 0.3) is 22.2 Å². The number of fused-ring (bicyclic) bond motifs is 1. The molecule has 3 aromatic rings. The van der Waals surface area contributed by atoms with Crippen molar-refractivity contribution < 1.29 is 30.7 Å². The highest BCUT2D eigenvalue weighted by molar-refractivity contribution is 7.92. The minimum absolute atomic E-state index is 0.141. The van der Waals surface area contributed by atoms with E-state index in [4.69, 9.17) is 9.72 Å². The number of pyridine rings is 1. The predicted octanol–water partition coefficient (Wildman–Crippen LogP) is 5.17. The highest BCUT2D eigenvalue weighted by atomic mass is 32.2. The van der Waals surface area contributed by atoms with Gasteiger partial charge < -0.3 is 15.0 Å². The zero-order valence-corrected chi connectivity index (χ0v) is 26.2. The molecule has 0 amide bonds. The summed E-state index contributed by atoms with van der Waals surface area (Å²) in [5.41, 5.74) is -0.219. The summed E-state index contributed by atoms with van der Waals surface area (Å²) in [7, 11) is -2.28. The van der Waals surface area contributed by atoms with Crippen LogP contribution in [0.15, 0.2) is 35.3 Å². The first kappa shape index (κ1) is 33.1. The van der Waals surface area contributed by atoms with Gasteiger partial charge in [0, 0.05) is 47.7 Å². The molecule has 2 aromatic heterocycles. The zero-order valence-electron chi connectivity index (χ0n) is 25.4. The summed E-state index contributed by atoms with van der Waals surface area (Å²) < 4.78 is 85.2. The van der Waals surface area contributed by atoms with E-state index < -0.39 is 45.4 Å². The topological polar surface area (TPSA) is 118 Å². The van der Waals surface area contributed by atoms with Gasteiger partial charge in [-0.05, 0) is 70.3 Å². The molecule has 1 aliphatic carbocycles. The van der Waals surface area contributed by atoms with E-state index in [0.717, 1.165) is 57.6 Å². The zero-order chi connectivity index (χ0) is 32.5. The van der Waals surface area contributed by atoms with Crippen molar-refractivity contribution in [3.63, 3.8) is 0 Å². The average Bonchev–Trinajstić information content (AvgIpc) is 2.94. The number of hydrogen-bond donors (Lipinski definition) is 2. The summed E-state index contributed by atoms with van der Waals surface area (Å²) in [5.74, 6) is -1.24. The van der Waals surface area contributed by atoms with Gasteiger partial charge in [0.25, 0.3) is 5.56 Å². The van der Waals surface area contributed by atoms with E-state index in [2.05, 4.69) is 22.2 Å². The predicted molar refractivity (Wildman–Crippen MR) is 164 cm³/mol. The number of rotatable bonds is 11. The van der Waals surface area contributed by atoms with Crippen molar-refractivity contribution in [1.82, 2.24) is 19.4 Å². The molecule has 2 N–H and O–H groups in total. The second-order valence-electron chi connectivity index (χ2n) is 12.3. The van der Waals surface area contributed by atoms with Gasteiger partial charge in [0.15, 0.2) is 0 Å². The molecule has 2 aliphatic rings. The first-order valence-electron chi connectivity index (χ1n) is 15.0. The fourth-order valence-corrected chi connectivity index (χ4v) is 7.00. The van der Waals surface area contributed by atoms with Crippen LogP contribution in [0, 0.1) is 11.7 Å². The van der Waals surface area contributed by atoms with Crippen LogP contribution in [-0.4, -0.2) is 78.7 Å². The van der Waals surface area contributed by atoms with Crippen molar-refractivity contribution in [2.75, 3.05) is 42.6 Å². The molecule has 0 spiro atoms. The maximum Gasteiger partial charge on any atom is 0.390 e. The minimum Gasteiger partial charge on any atom is -0.381 e. The lowest BCUT2D eigenvalue weighted by molar-refractivity contribution is -0.129. The van der Waals surface area contributed by atoms with Crippen LogP contribution in [0.4, 0.5) is 29.2 Å². The molecule has 15 heteroatoms. The Labute approximate surface area is 259 Å². The van der Waals surface area contributed by atoms with E-state index in [1.165, 1.54) is 10.6 Å². The van der Waals surface area contributed by atoms with Gasteiger partial charge in [-0.1, -0.05) is 6.07 Å². The molecule has 1 aromatic carbocycles. The molecule has 1 aliphatic heterocycles. The Hall–Kier alpha value is -3.30. The average molecular weight is 655 g/mol. The molecule has 0 radical (unpaired) electrons. The first-order chi connectivity index (χ1) is 21.2. The molecule has 45 heavy (non-hydrogen) atoms. The summed E-state index contributed by atoms with van der Waals surface area (Å²) in [5, 5.41) is 3.98. The smallest absolute Gasteiger partial charge is 0.381 e. The number of halogens is 4. The molecule has 246 valence electrons. The number of ether oxygens (including phenoxy) is 1. The van der Waals surface area contributed by atoms with Crippen molar-refractivity contribution >= 4 is 32.7 Å². The molecule has 5 rings (SSSR count). The molecule has 0 unspecified atom stereocenters. The quantitative estimate of drug-likeness (QED) is 0.272. The Bertz CT molecular complexity index is 1690. The number of hydrogen-bond acceptors (Lipinski definition) is 8. The lowest BCUT2D eigenvalue weighted by atomic mass is 9.90. The van der Waals surface area contributed by atoms with Crippen molar-refractivity contribution in [3.8, 4) is 11.1 Å². The van der Waals surface area contributed by atoms with E-state index in [-0.39, 0.29) is 23.2 Å². The number of alkyl halides is 3. The van der Waals surface area contributed by atoms with Gasteiger partial charge in [0.2, 0.25) is 16.0 Å². The van der Waals surface area contributed by atoms with Crippen LogP contribution < -0.4 is 15.6 Å². The Morgan fingerprint density at radius 1 is 1.13 bits per heavy atom. The van der Waals surface area contributed by atoms with Crippen molar-refractivity contribution in [3.05, 3.63) is 46.6 Å². The molecule has 10 nitrogen and oxygen atoms in total. The Morgan fingerprint density at radius 3 is 2.44 bits per heavy atom. The van der Waals surface area contributed by atoms with E-state index in [1.807, 2.05) is 18.6 Å². The van der Waals surface area contributed by atoms with Crippen molar-refractivity contribution in [2.45, 2.75) is 70.3 Å². The normalized spacial score (nSPS) is 19.7. The van der Waals surface area contributed by atoms with E-state index in [1.54, 1.807) is 12.3 Å². The number of nitrogens with zero attached hydrogens (tertiary/aromatic N) is 4. The summed E-state index contributed by atoms with van der Waals surface area (Å²) in [6, 6.07) is 5.36. The Balaban J connectivity index is 1.32. The first-order valence-corrected chi connectivity index (χ1v) is 16.7. The number of anilines is 2. The van der Waals surface area contributed by atoms with E-state index in [0.29, 0.717) is 28.9 Å². The molecule has 1 saturated carbocycles. The van der Waals surface area contributed by atoms with Crippen LogP contribution >= 0.6 is 0 Å². The highest BCUT2D eigenvalue weighted by Crippen LogP contribution is 2.29. The third-order valence-corrected chi connectivity index (χ3v) is 9.67. The maximum absolute atomic E-state index is 15.0. The number of aromatic nitrogens is 3. The second kappa shape index (κ2) is 13.2. The van der Waals surface area contributed by atoms with Crippen LogP contribution in [0.2, 0.25) is 0 Å². The third kappa shape index (κ3) is 8.11. The van der Waals surface area contributed by atoms with Gasteiger partial charge in [-0.15, -0.1) is 0 Å². The standard InChI is InChI=1S/C30H38F4N6O4S/c1-18(2)40-27-21(14-35-29(37-27)36-22-5-7-23(8-6-22)39(3)15-19-16-44-17-19)12-24(28(40)41)20-4-9-26(25(31)13-20)38-45(42,43)11-10-30(32,33)34/h4,9,12-14,18-19,22-23,38H,5-8,10-11,15-17H2,1-3H3,(H,35,36,37). The van der Waals surface area contributed by atoms with Crippen LogP contribution in [0.3, 0.4) is 0 Å². The van der Waals surface area contributed by atoms with Crippen molar-refractivity contribution in [2.24, 2.45) is 5.92 Å². The van der Waals surface area contributed by atoms with Gasteiger partial charge in [-0.3, -0.25) is 14.1 Å². The highest BCUT2D eigenvalue weighted by Gasteiger charge is 2.31. The number of nitrogens with one attached hydrogen (secondary N) is 2. The molecule has 2 fully saturated rings. The van der Waals surface area contributed by atoms with Gasteiger partial charge >= 0.3 is 6.18 Å². The minimum atomic E-state index is -4.67. The molecular weight excluding hydrogens is 616 g/mol. The number of sulfonamides is 1. The SMILES string of the molecule is CC(C)n1c(=O)c(-c2ccc(NS(=O)(=O)CCC(F)(F)F)c(F)c2)cc2cnc(NC3CCC(N(C)CC4COC4)CC3)nc21. The largest absolute Gasteiger partial charge is 0.390 e. The van der Waals surface area contributed by atoms with Gasteiger partial charge in [-0.25, -0.2) is 17.8 Å². The molecule has 0 bridgehead atoms. The summed E-state index contributed by atoms with van der Waals surface area (Å²) in [6.45, 7) is 6.38. The summed E-state index contributed by atoms with van der Waals surface area (Å²) in [6.07, 6.45) is -0.596. The van der Waals surface area contributed by atoms with Gasteiger partial charge in [-0.2, -0.15) is 18.2 Å². The molecule has 0 atom stereocenters. The maximum atomic E-state index is 15.0. The fourth-order valence-electron chi connectivity index (χ4n) is 5.90. The van der Waals surface area contributed by atoms with Crippen molar-refractivity contribution in [1.29, 1.82) is 0 Å².